The predicted molar refractivity (Wildman–Crippen MR) is 71.1 cm³/mol. The third-order valence-corrected chi connectivity index (χ3v) is 3.44. The van der Waals surface area contributed by atoms with Gasteiger partial charge in [-0.2, -0.15) is 5.10 Å². The number of H-pyrrole nitrogens is 1. The van der Waals surface area contributed by atoms with Crippen LogP contribution in [0.5, 0.6) is 0 Å². The Hall–Kier alpha value is -1.62. The van der Waals surface area contributed by atoms with Gasteiger partial charge in [-0.25, -0.2) is 4.98 Å². The highest BCUT2D eigenvalue weighted by Gasteiger charge is 2.14. The number of nitrogens with one attached hydrogen (secondary N) is 2. The molecule has 0 amide bonds. The van der Waals surface area contributed by atoms with E-state index < -0.39 is 0 Å². The molecule has 0 aliphatic carbocycles. The molecule has 0 aliphatic heterocycles. The summed E-state index contributed by atoms with van der Waals surface area (Å²) in [7, 11) is 1.98. The van der Waals surface area contributed by atoms with Gasteiger partial charge in [-0.1, -0.05) is 6.92 Å². The molecule has 2 N–H and O–H groups in total. The number of aryl methyl sites for hydroxylation is 2. The minimum absolute atomic E-state index is 0.263. The van der Waals surface area contributed by atoms with Crippen LogP contribution in [0.1, 0.15) is 42.2 Å². The Kier molecular flexibility index (Phi) is 3.81. The van der Waals surface area contributed by atoms with Crippen LogP contribution < -0.4 is 5.32 Å². The quantitative estimate of drug-likeness (QED) is 0.849. The van der Waals surface area contributed by atoms with Crippen LogP contribution in [-0.2, 0) is 13.6 Å². The van der Waals surface area contributed by atoms with E-state index in [1.807, 2.05) is 17.9 Å². The van der Waals surface area contributed by atoms with E-state index in [2.05, 4.69) is 41.2 Å². The van der Waals surface area contributed by atoms with Gasteiger partial charge in [0.15, 0.2) is 0 Å². The van der Waals surface area contributed by atoms with Gasteiger partial charge >= 0.3 is 0 Å². The first-order valence-corrected chi connectivity index (χ1v) is 6.35. The van der Waals surface area contributed by atoms with Crippen LogP contribution in [0.15, 0.2) is 12.4 Å². The van der Waals surface area contributed by atoms with E-state index in [0.29, 0.717) is 0 Å². The highest BCUT2D eigenvalue weighted by molar-refractivity contribution is 5.24. The monoisotopic (exact) mass is 247 g/mol. The Morgan fingerprint density at radius 2 is 2.22 bits per heavy atom. The van der Waals surface area contributed by atoms with E-state index in [4.69, 9.17) is 0 Å². The maximum Gasteiger partial charge on any atom is 0.123 e. The fourth-order valence-corrected chi connectivity index (χ4v) is 2.20. The van der Waals surface area contributed by atoms with Gasteiger partial charge in [0.25, 0.3) is 0 Å². The van der Waals surface area contributed by atoms with Crippen molar-refractivity contribution in [1.29, 1.82) is 0 Å². The maximum atomic E-state index is 4.43. The van der Waals surface area contributed by atoms with Crippen molar-refractivity contribution in [1.82, 2.24) is 25.1 Å². The molecule has 5 nitrogen and oxygen atoms in total. The summed E-state index contributed by atoms with van der Waals surface area (Å²) in [6.45, 7) is 7.14. The topological polar surface area (TPSA) is 58.5 Å². The molecule has 0 spiro atoms. The van der Waals surface area contributed by atoms with Gasteiger partial charge in [0.2, 0.25) is 0 Å². The first-order valence-electron chi connectivity index (χ1n) is 6.35. The lowest BCUT2D eigenvalue weighted by molar-refractivity contribution is 0.496. The van der Waals surface area contributed by atoms with Crippen molar-refractivity contribution in [2.75, 3.05) is 0 Å². The second kappa shape index (κ2) is 5.35. The smallest absolute Gasteiger partial charge is 0.123 e. The Morgan fingerprint density at radius 1 is 1.44 bits per heavy atom. The number of rotatable bonds is 5. The summed E-state index contributed by atoms with van der Waals surface area (Å²) in [5.41, 5.74) is 3.59. The molecule has 2 rings (SSSR count). The summed E-state index contributed by atoms with van der Waals surface area (Å²) >= 11 is 0. The third kappa shape index (κ3) is 2.46. The van der Waals surface area contributed by atoms with Crippen molar-refractivity contribution in [3.05, 3.63) is 35.2 Å². The molecular weight excluding hydrogens is 226 g/mol. The summed E-state index contributed by atoms with van der Waals surface area (Å²) < 4.78 is 1.93. The van der Waals surface area contributed by atoms with Crippen LogP contribution in [0, 0.1) is 13.8 Å². The van der Waals surface area contributed by atoms with Crippen LogP contribution in [0.4, 0.5) is 0 Å². The summed E-state index contributed by atoms with van der Waals surface area (Å²) in [4.78, 5) is 7.48. The van der Waals surface area contributed by atoms with Crippen LogP contribution in [0.25, 0.3) is 0 Å². The van der Waals surface area contributed by atoms with Crippen LogP contribution >= 0.6 is 0 Å². The molecule has 18 heavy (non-hydrogen) atoms. The zero-order chi connectivity index (χ0) is 13.1. The minimum Gasteiger partial charge on any atom is -0.347 e. The van der Waals surface area contributed by atoms with Crippen molar-refractivity contribution in [2.45, 2.75) is 39.8 Å². The average molecular weight is 247 g/mol. The molecule has 0 aliphatic rings. The number of nitrogens with zero attached hydrogens (tertiary/aromatic N) is 3. The first kappa shape index (κ1) is 12.8. The van der Waals surface area contributed by atoms with E-state index in [9.17, 15) is 0 Å². The first-order chi connectivity index (χ1) is 8.63. The van der Waals surface area contributed by atoms with Gasteiger partial charge in [0.05, 0.1) is 11.7 Å². The molecule has 0 saturated heterocycles. The lowest BCUT2D eigenvalue weighted by Crippen LogP contribution is -2.22. The van der Waals surface area contributed by atoms with E-state index in [1.54, 1.807) is 6.20 Å². The lowest BCUT2D eigenvalue weighted by Gasteiger charge is -2.14. The molecule has 98 valence electrons. The minimum atomic E-state index is 0.263. The molecule has 2 aromatic heterocycles. The number of aromatic nitrogens is 4. The second-order valence-corrected chi connectivity index (χ2v) is 4.59. The zero-order valence-electron chi connectivity index (χ0n) is 11.5. The number of aromatic amines is 1. The zero-order valence-corrected chi connectivity index (χ0v) is 11.5. The van der Waals surface area contributed by atoms with Gasteiger partial charge in [-0.15, -0.1) is 0 Å². The summed E-state index contributed by atoms with van der Waals surface area (Å²) in [6, 6.07) is 0.263. The number of imidazole rings is 1. The fourth-order valence-electron chi connectivity index (χ4n) is 2.20. The van der Waals surface area contributed by atoms with Gasteiger partial charge < -0.3 is 10.3 Å². The summed E-state index contributed by atoms with van der Waals surface area (Å²) in [6.07, 6.45) is 4.66. The molecular formula is C13H21N5. The van der Waals surface area contributed by atoms with Crippen molar-refractivity contribution >= 4 is 0 Å². The fraction of sp³-hybridized carbons (Fsp3) is 0.538. The van der Waals surface area contributed by atoms with Crippen LogP contribution in [-0.4, -0.2) is 19.7 Å². The Morgan fingerprint density at radius 3 is 2.72 bits per heavy atom. The van der Waals surface area contributed by atoms with Crippen molar-refractivity contribution < 1.29 is 0 Å². The van der Waals surface area contributed by atoms with Crippen LogP contribution in [0.2, 0.25) is 0 Å². The molecule has 1 atom stereocenters. The lowest BCUT2D eigenvalue weighted by atomic mass is 10.1. The summed E-state index contributed by atoms with van der Waals surface area (Å²) in [5, 5.41) is 7.97. The normalized spacial score (nSPS) is 12.9. The number of hydrogen-bond donors (Lipinski definition) is 2. The summed E-state index contributed by atoms with van der Waals surface area (Å²) in [5.74, 6) is 0.997. The number of hydrogen-bond acceptors (Lipinski definition) is 3. The molecule has 2 aromatic rings. The van der Waals surface area contributed by atoms with Gasteiger partial charge in [0.1, 0.15) is 5.82 Å². The van der Waals surface area contributed by atoms with Gasteiger partial charge in [0, 0.05) is 37.2 Å². The van der Waals surface area contributed by atoms with E-state index in [0.717, 1.165) is 24.5 Å². The molecule has 0 bridgehead atoms. The largest absolute Gasteiger partial charge is 0.347 e. The molecule has 1 unspecified atom stereocenters. The highest BCUT2D eigenvalue weighted by Crippen LogP contribution is 2.16. The van der Waals surface area contributed by atoms with Crippen molar-refractivity contribution in [2.24, 2.45) is 7.05 Å². The Balaban J connectivity index is 2.06. The highest BCUT2D eigenvalue weighted by atomic mass is 15.3. The van der Waals surface area contributed by atoms with Gasteiger partial charge in [-0.3, -0.25) is 4.68 Å². The molecule has 0 radical (unpaired) electrons. The molecule has 0 aromatic carbocycles. The van der Waals surface area contributed by atoms with E-state index >= 15 is 0 Å². The van der Waals surface area contributed by atoms with Crippen molar-refractivity contribution in [3.8, 4) is 0 Å². The molecule has 5 heteroatoms. The third-order valence-electron chi connectivity index (χ3n) is 3.44. The van der Waals surface area contributed by atoms with Gasteiger partial charge in [-0.05, 0) is 20.3 Å². The maximum absolute atomic E-state index is 4.43. The Bertz CT molecular complexity index is 498. The predicted octanol–water partition coefficient (Wildman–Crippen LogP) is 2.00. The van der Waals surface area contributed by atoms with E-state index in [1.165, 1.54) is 11.3 Å². The second-order valence-electron chi connectivity index (χ2n) is 4.59. The van der Waals surface area contributed by atoms with Crippen molar-refractivity contribution in [3.63, 3.8) is 0 Å². The Labute approximate surface area is 108 Å². The standard InChI is InChI=1S/C13H21N5/c1-5-12(13-14-6-7-15-13)16-8-11-9(2)17-18(4)10(11)3/h6-7,12,16H,5,8H2,1-4H3,(H,14,15). The molecule has 2 heterocycles. The molecule has 0 saturated carbocycles. The molecule has 0 fully saturated rings. The average Bonchev–Trinajstić information content (AvgIpc) is 2.94. The van der Waals surface area contributed by atoms with E-state index in [-0.39, 0.29) is 6.04 Å². The SMILES string of the molecule is CCC(NCc1c(C)nn(C)c1C)c1ncc[nH]1. The van der Waals surface area contributed by atoms with Crippen LogP contribution in [0.3, 0.4) is 0 Å².